The molecular formula is C15H16ClN3O2. The summed E-state index contributed by atoms with van der Waals surface area (Å²) in [5.41, 5.74) is 0.987. The minimum atomic E-state index is -0.452. The third kappa shape index (κ3) is 3.36. The number of amides is 1. The number of halogens is 1. The second kappa shape index (κ2) is 6.18. The molecule has 1 N–H and O–H groups in total. The standard InChI is InChI=1S/C15H16ClN3O2/c16-12-2-3-13-11(8-12)9-14(21-13)15(20)18-4-1-6-19-7-5-17-10-19/h2-3,5,7-8,10,14H,1,4,6,9H2,(H,18,20)/t14-/m0/s1. The summed E-state index contributed by atoms with van der Waals surface area (Å²) in [5.74, 6) is 0.672. The Balaban J connectivity index is 1.45. The van der Waals surface area contributed by atoms with E-state index in [9.17, 15) is 4.79 Å². The molecule has 5 nitrogen and oxygen atoms in total. The predicted octanol–water partition coefficient (Wildman–Crippen LogP) is 2.05. The number of carbonyl (C=O) groups is 1. The van der Waals surface area contributed by atoms with Gasteiger partial charge in [0.05, 0.1) is 6.33 Å². The summed E-state index contributed by atoms with van der Waals surface area (Å²) in [5, 5.41) is 3.57. The zero-order chi connectivity index (χ0) is 14.7. The molecule has 6 heteroatoms. The molecule has 1 aliphatic heterocycles. The average molecular weight is 306 g/mol. The van der Waals surface area contributed by atoms with Crippen LogP contribution < -0.4 is 10.1 Å². The van der Waals surface area contributed by atoms with Gasteiger partial charge in [-0.05, 0) is 30.2 Å². The largest absolute Gasteiger partial charge is 0.480 e. The van der Waals surface area contributed by atoms with Gasteiger partial charge < -0.3 is 14.6 Å². The highest BCUT2D eigenvalue weighted by atomic mass is 35.5. The second-order valence-electron chi connectivity index (χ2n) is 5.01. The van der Waals surface area contributed by atoms with Crippen LogP contribution in [0.15, 0.2) is 36.9 Å². The van der Waals surface area contributed by atoms with Crippen LogP contribution in [0.5, 0.6) is 5.75 Å². The first kappa shape index (κ1) is 13.9. The van der Waals surface area contributed by atoms with Crippen LogP contribution in [0, 0.1) is 0 Å². The normalized spacial score (nSPS) is 16.3. The van der Waals surface area contributed by atoms with Crippen molar-refractivity contribution in [3.8, 4) is 5.75 Å². The third-order valence-electron chi connectivity index (χ3n) is 3.44. The molecule has 0 saturated heterocycles. The number of nitrogens with one attached hydrogen (secondary N) is 1. The smallest absolute Gasteiger partial charge is 0.261 e. The summed E-state index contributed by atoms with van der Waals surface area (Å²) in [6.07, 6.45) is 6.39. The first-order chi connectivity index (χ1) is 10.2. The molecule has 1 aliphatic rings. The van der Waals surface area contributed by atoms with Gasteiger partial charge in [0.1, 0.15) is 5.75 Å². The number of aryl methyl sites for hydroxylation is 1. The van der Waals surface area contributed by atoms with Crippen molar-refractivity contribution in [2.24, 2.45) is 0 Å². The molecule has 2 heterocycles. The highest BCUT2D eigenvalue weighted by Gasteiger charge is 2.28. The van der Waals surface area contributed by atoms with E-state index in [0.717, 1.165) is 24.3 Å². The summed E-state index contributed by atoms with van der Waals surface area (Å²) < 4.78 is 7.62. The maximum Gasteiger partial charge on any atom is 0.261 e. The summed E-state index contributed by atoms with van der Waals surface area (Å²) in [4.78, 5) is 16.0. The lowest BCUT2D eigenvalue weighted by Gasteiger charge is -2.11. The van der Waals surface area contributed by atoms with E-state index in [-0.39, 0.29) is 5.91 Å². The third-order valence-corrected chi connectivity index (χ3v) is 3.68. The van der Waals surface area contributed by atoms with Crippen LogP contribution in [0.4, 0.5) is 0 Å². The average Bonchev–Trinajstić information content (AvgIpc) is 3.11. The lowest BCUT2D eigenvalue weighted by molar-refractivity contribution is -0.127. The number of benzene rings is 1. The number of nitrogens with zero attached hydrogens (tertiary/aromatic N) is 2. The van der Waals surface area contributed by atoms with E-state index in [1.54, 1.807) is 18.6 Å². The van der Waals surface area contributed by atoms with Crippen molar-refractivity contribution in [2.45, 2.75) is 25.5 Å². The van der Waals surface area contributed by atoms with Crippen molar-refractivity contribution in [1.29, 1.82) is 0 Å². The Hall–Kier alpha value is -2.01. The first-order valence-corrected chi connectivity index (χ1v) is 7.29. The van der Waals surface area contributed by atoms with Gasteiger partial charge in [0, 0.05) is 36.9 Å². The number of aromatic nitrogens is 2. The number of imidazole rings is 1. The maximum absolute atomic E-state index is 12.1. The fourth-order valence-corrected chi connectivity index (χ4v) is 2.56. The summed E-state index contributed by atoms with van der Waals surface area (Å²) in [6, 6.07) is 5.43. The van der Waals surface area contributed by atoms with Crippen LogP contribution in [0.25, 0.3) is 0 Å². The number of rotatable bonds is 5. The number of ether oxygens (including phenoxy) is 1. The molecular weight excluding hydrogens is 290 g/mol. The quantitative estimate of drug-likeness (QED) is 0.860. The van der Waals surface area contributed by atoms with Crippen molar-refractivity contribution in [3.63, 3.8) is 0 Å². The fraction of sp³-hybridized carbons (Fsp3) is 0.333. The molecule has 0 spiro atoms. The molecule has 0 saturated carbocycles. The minimum Gasteiger partial charge on any atom is -0.480 e. The van der Waals surface area contributed by atoms with E-state index in [4.69, 9.17) is 16.3 Å². The van der Waals surface area contributed by atoms with Crippen molar-refractivity contribution in [3.05, 3.63) is 47.5 Å². The number of carbonyl (C=O) groups excluding carboxylic acids is 1. The Morgan fingerprint density at radius 3 is 3.24 bits per heavy atom. The molecule has 0 bridgehead atoms. The fourth-order valence-electron chi connectivity index (χ4n) is 2.37. The van der Waals surface area contributed by atoms with Crippen LogP contribution in [0.2, 0.25) is 5.02 Å². The lowest BCUT2D eigenvalue weighted by atomic mass is 10.1. The Labute approximate surface area is 127 Å². The van der Waals surface area contributed by atoms with Crippen molar-refractivity contribution < 1.29 is 9.53 Å². The van der Waals surface area contributed by atoms with E-state index in [1.807, 2.05) is 22.9 Å². The zero-order valence-corrected chi connectivity index (χ0v) is 12.2. The van der Waals surface area contributed by atoms with E-state index >= 15 is 0 Å². The van der Waals surface area contributed by atoms with Crippen LogP contribution in [0.1, 0.15) is 12.0 Å². The van der Waals surface area contributed by atoms with Gasteiger partial charge in [-0.25, -0.2) is 4.98 Å². The number of hydrogen-bond donors (Lipinski definition) is 1. The van der Waals surface area contributed by atoms with Crippen LogP contribution in [0.3, 0.4) is 0 Å². The van der Waals surface area contributed by atoms with Gasteiger partial charge in [0.15, 0.2) is 6.10 Å². The zero-order valence-electron chi connectivity index (χ0n) is 11.5. The van der Waals surface area contributed by atoms with Gasteiger partial charge in [-0.3, -0.25) is 4.79 Å². The van der Waals surface area contributed by atoms with Gasteiger partial charge in [-0.2, -0.15) is 0 Å². The molecule has 2 aromatic rings. The predicted molar refractivity (Wildman–Crippen MR) is 79.4 cm³/mol. The molecule has 0 fully saturated rings. The van der Waals surface area contributed by atoms with E-state index in [2.05, 4.69) is 10.3 Å². The van der Waals surface area contributed by atoms with Gasteiger partial charge in [0.2, 0.25) is 0 Å². The SMILES string of the molecule is O=C(NCCCn1ccnc1)[C@@H]1Cc2cc(Cl)ccc2O1. The van der Waals surface area contributed by atoms with Crippen LogP contribution in [-0.2, 0) is 17.8 Å². The number of fused-ring (bicyclic) bond motifs is 1. The van der Waals surface area contributed by atoms with Gasteiger partial charge in [-0.1, -0.05) is 11.6 Å². The monoisotopic (exact) mass is 305 g/mol. The molecule has 110 valence electrons. The van der Waals surface area contributed by atoms with Gasteiger partial charge in [-0.15, -0.1) is 0 Å². The molecule has 0 radical (unpaired) electrons. The molecule has 3 rings (SSSR count). The molecule has 0 aliphatic carbocycles. The van der Waals surface area contributed by atoms with E-state index in [0.29, 0.717) is 18.0 Å². The van der Waals surface area contributed by atoms with Crippen LogP contribution in [-0.4, -0.2) is 28.1 Å². The Kier molecular flexibility index (Phi) is 4.10. The Morgan fingerprint density at radius 2 is 2.43 bits per heavy atom. The molecule has 1 amide bonds. The summed E-state index contributed by atoms with van der Waals surface area (Å²) in [6.45, 7) is 1.45. The highest BCUT2D eigenvalue weighted by Crippen LogP contribution is 2.31. The molecule has 0 unspecified atom stereocenters. The topological polar surface area (TPSA) is 56.2 Å². The van der Waals surface area contributed by atoms with Crippen LogP contribution >= 0.6 is 11.6 Å². The number of hydrogen-bond acceptors (Lipinski definition) is 3. The lowest BCUT2D eigenvalue weighted by Crippen LogP contribution is -2.38. The van der Waals surface area contributed by atoms with Crippen molar-refractivity contribution >= 4 is 17.5 Å². The van der Waals surface area contributed by atoms with Gasteiger partial charge >= 0.3 is 0 Å². The molecule has 1 aromatic heterocycles. The second-order valence-corrected chi connectivity index (χ2v) is 5.44. The van der Waals surface area contributed by atoms with E-state index < -0.39 is 6.10 Å². The van der Waals surface area contributed by atoms with E-state index in [1.165, 1.54) is 0 Å². The minimum absolute atomic E-state index is 0.0760. The summed E-state index contributed by atoms with van der Waals surface area (Å²) in [7, 11) is 0. The maximum atomic E-state index is 12.1. The molecule has 21 heavy (non-hydrogen) atoms. The summed E-state index contributed by atoms with van der Waals surface area (Å²) >= 11 is 5.94. The Morgan fingerprint density at radius 1 is 1.52 bits per heavy atom. The first-order valence-electron chi connectivity index (χ1n) is 6.91. The Bertz CT molecular complexity index is 628. The highest BCUT2D eigenvalue weighted by molar-refractivity contribution is 6.30. The molecule has 1 atom stereocenters. The molecule has 1 aromatic carbocycles. The van der Waals surface area contributed by atoms with Crippen molar-refractivity contribution in [2.75, 3.05) is 6.54 Å². The van der Waals surface area contributed by atoms with Crippen molar-refractivity contribution in [1.82, 2.24) is 14.9 Å². The van der Waals surface area contributed by atoms with Gasteiger partial charge in [0.25, 0.3) is 5.91 Å².